The van der Waals surface area contributed by atoms with Gasteiger partial charge in [0.2, 0.25) is 5.91 Å². The zero-order chi connectivity index (χ0) is 15.4. The molecule has 0 aliphatic heterocycles. The lowest BCUT2D eigenvalue weighted by atomic mass is 10.1. The number of halogens is 2. The van der Waals surface area contributed by atoms with Crippen molar-refractivity contribution in [2.24, 2.45) is 0 Å². The largest absolute Gasteiger partial charge is 0.476 e. The van der Waals surface area contributed by atoms with Crippen molar-refractivity contribution >= 4 is 40.8 Å². The Balaban J connectivity index is 2.18. The van der Waals surface area contributed by atoms with Crippen LogP contribution in [0.3, 0.4) is 0 Å². The molecule has 0 saturated heterocycles. The van der Waals surface area contributed by atoms with Gasteiger partial charge in [-0.05, 0) is 29.8 Å². The summed E-state index contributed by atoms with van der Waals surface area (Å²) in [7, 11) is 0. The molecule has 0 aliphatic carbocycles. The molecular formula is C14H10Cl2N2O3. The first kappa shape index (κ1) is 15.3. The number of nitrogens with one attached hydrogen (secondary N) is 1. The molecule has 0 bridgehead atoms. The third-order valence-electron chi connectivity index (χ3n) is 2.68. The number of hydrogen-bond donors (Lipinski definition) is 2. The zero-order valence-electron chi connectivity index (χ0n) is 10.6. The fraction of sp³-hybridized carbons (Fsp3) is 0.0714. The smallest absolute Gasteiger partial charge is 0.356 e. The van der Waals surface area contributed by atoms with Crippen LogP contribution in [0.25, 0.3) is 0 Å². The third kappa shape index (κ3) is 3.71. The third-order valence-corrected chi connectivity index (χ3v) is 3.39. The van der Waals surface area contributed by atoms with Gasteiger partial charge in [0, 0.05) is 16.2 Å². The monoisotopic (exact) mass is 324 g/mol. The summed E-state index contributed by atoms with van der Waals surface area (Å²) in [6.45, 7) is 0. The van der Waals surface area contributed by atoms with E-state index < -0.39 is 11.9 Å². The standard InChI is InChI=1S/C14H10Cl2N2O3/c15-9-3-1-4-10(16)8(9)7-12(19)18-11-5-2-6-17-13(11)14(20)21/h1-6H,7H2,(H,18,19)(H,20,21). The Labute approximate surface area is 130 Å². The molecule has 0 aliphatic rings. The molecule has 1 amide bonds. The molecular weight excluding hydrogens is 315 g/mol. The number of nitrogens with zero attached hydrogens (tertiary/aromatic N) is 1. The molecule has 0 fully saturated rings. The Bertz CT molecular complexity index is 684. The Morgan fingerprint density at radius 2 is 1.81 bits per heavy atom. The van der Waals surface area contributed by atoms with Crippen molar-refractivity contribution in [3.8, 4) is 0 Å². The predicted molar refractivity (Wildman–Crippen MR) is 80.0 cm³/mol. The molecule has 108 valence electrons. The Morgan fingerprint density at radius 1 is 1.14 bits per heavy atom. The molecule has 2 rings (SSSR count). The number of aromatic nitrogens is 1. The van der Waals surface area contributed by atoms with Crippen LogP contribution in [0, 0.1) is 0 Å². The van der Waals surface area contributed by atoms with Gasteiger partial charge >= 0.3 is 5.97 Å². The fourth-order valence-electron chi connectivity index (χ4n) is 1.73. The summed E-state index contributed by atoms with van der Waals surface area (Å²) in [6, 6.07) is 7.93. The second-order valence-corrected chi connectivity index (χ2v) is 4.94. The number of amides is 1. The Kier molecular flexibility index (Phi) is 4.77. The lowest BCUT2D eigenvalue weighted by Gasteiger charge is -2.09. The lowest BCUT2D eigenvalue weighted by molar-refractivity contribution is -0.115. The van der Waals surface area contributed by atoms with Crippen LogP contribution in [0.15, 0.2) is 36.5 Å². The minimum Gasteiger partial charge on any atom is -0.476 e. The van der Waals surface area contributed by atoms with E-state index in [1.165, 1.54) is 18.3 Å². The first-order valence-electron chi connectivity index (χ1n) is 5.90. The number of hydrogen-bond acceptors (Lipinski definition) is 3. The normalized spacial score (nSPS) is 10.2. The number of aromatic carboxylic acids is 1. The Hall–Kier alpha value is -2.11. The molecule has 0 unspecified atom stereocenters. The molecule has 21 heavy (non-hydrogen) atoms. The molecule has 0 atom stereocenters. The van der Waals surface area contributed by atoms with Gasteiger partial charge in [0.05, 0.1) is 12.1 Å². The van der Waals surface area contributed by atoms with Gasteiger partial charge in [0.15, 0.2) is 5.69 Å². The van der Waals surface area contributed by atoms with Crippen LogP contribution in [0.2, 0.25) is 10.0 Å². The summed E-state index contributed by atoms with van der Waals surface area (Å²) in [4.78, 5) is 26.7. The van der Waals surface area contributed by atoms with E-state index in [1.807, 2.05) is 0 Å². The maximum atomic E-state index is 12.0. The summed E-state index contributed by atoms with van der Waals surface area (Å²) in [5.41, 5.74) is 0.383. The van der Waals surface area contributed by atoms with E-state index in [9.17, 15) is 9.59 Å². The topological polar surface area (TPSA) is 79.3 Å². The van der Waals surface area contributed by atoms with Gasteiger partial charge in [-0.2, -0.15) is 0 Å². The highest BCUT2D eigenvalue weighted by molar-refractivity contribution is 6.36. The number of pyridine rings is 1. The van der Waals surface area contributed by atoms with Crippen LogP contribution in [0.5, 0.6) is 0 Å². The van der Waals surface area contributed by atoms with Crippen LogP contribution in [0.1, 0.15) is 16.1 Å². The van der Waals surface area contributed by atoms with Crippen molar-refractivity contribution in [1.82, 2.24) is 4.98 Å². The maximum absolute atomic E-state index is 12.0. The summed E-state index contributed by atoms with van der Waals surface area (Å²) < 4.78 is 0. The van der Waals surface area contributed by atoms with Gasteiger partial charge in [-0.15, -0.1) is 0 Å². The number of carboxylic acid groups (broad SMARTS) is 1. The minimum absolute atomic E-state index is 0.0630. The average molecular weight is 325 g/mol. The minimum atomic E-state index is -1.22. The van der Waals surface area contributed by atoms with Crippen molar-refractivity contribution < 1.29 is 14.7 Å². The Morgan fingerprint density at radius 3 is 2.43 bits per heavy atom. The van der Waals surface area contributed by atoms with Gasteiger partial charge in [0.25, 0.3) is 0 Å². The SMILES string of the molecule is O=C(Cc1c(Cl)cccc1Cl)Nc1cccnc1C(=O)O. The highest BCUT2D eigenvalue weighted by Crippen LogP contribution is 2.25. The quantitative estimate of drug-likeness (QED) is 0.904. The van der Waals surface area contributed by atoms with Crippen LogP contribution < -0.4 is 5.32 Å². The van der Waals surface area contributed by atoms with E-state index >= 15 is 0 Å². The molecule has 1 aromatic carbocycles. The van der Waals surface area contributed by atoms with Crippen LogP contribution in [0.4, 0.5) is 5.69 Å². The summed E-state index contributed by atoms with van der Waals surface area (Å²) >= 11 is 12.0. The van der Waals surface area contributed by atoms with Crippen LogP contribution in [-0.4, -0.2) is 22.0 Å². The van der Waals surface area contributed by atoms with Gasteiger partial charge in [0.1, 0.15) is 0 Å². The highest BCUT2D eigenvalue weighted by atomic mass is 35.5. The number of anilines is 1. The predicted octanol–water partition coefficient (Wildman–Crippen LogP) is 3.27. The van der Waals surface area contributed by atoms with Crippen molar-refractivity contribution in [1.29, 1.82) is 0 Å². The van der Waals surface area contributed by atoms with E-state index in [0.717, 1.165) is 0 Å². The summed E-state index contributed by atoms with van der Waals surface area (Å²) in [5, 5.41) is 12.2. The van der Waals surface area contributed by atoms with Gasteiger partial charge in [-0.25, -0.2) is 9.78 Å². The molecule has 0 saturated carbocycles. The van der Waals surface area contributed by atoms with E-state index in [0.29, 0.717) is 15.6 Å². The molecule has 0 spiro atoms. The van der Waals surface area contributed by atoms with E-state index in [1.54, 1.807) is 18.2 Å². The molecule has 2 N–H and O–H groups in total. The van der Waals surface area contributed by atoms with E-state index in [-0.39, 0.29) is 17.8 Å². The van der Waals surface area contributed by atoms with Crippen molar-refractivity contribution in [2.45, 2.75) is 6.42 Å². The van der Waals surface area contributed by atoms with Crippen molar-refractivity contribution in [3.63, 3.8) is 0 Å². The fourth-order valence-corrected chi connectivity index (χ4v) is 2.26. The number of carboxylic acids is 1. The van der Waals surface area contributed by atoms with Crippen molar-refractivity contribution in [3.05, 3.63) is 57.8 Å². The zero-order valence-corrected chi connectivity index (χ0v) is 12.1. The molecule has 7 heteroatoms. The summed E-state index contributed by atoms with van der Waals surface area (Å²) in [5.74, 6) is -1.65. The van der Waals surface area contributed by atoms with Crippen LogP contribution >= 0.6 is 23.2 Å². The number of carbonyl (C=O) groups is 2. The number of rotatable bonds is 4. The van der Waals surface area contributed by atoms with E-state index in [4.69, 9.17) is 28.3 Å². The van der Waals surface area contributed by atoms with E-state index in [2.05, 4.69) is 10.3 Å². The molecule has 2 aromatic rings. The van der Waals surface area contributed by atoms with Crippen molar-refractivity contribution in [2.75, 3.05) is 5.32 Å². The van der Waals surface area contributed by atoms with Gasteiger partial charge in [-0.1, -0.05) is 29.3 Å². The molecule has 1 aromatic heterocycles. The first-order chi connectivity index (χ1) is 9.99. The number of benzene rings is 1. The van der Waals surface area contributed by atoms with Gasteiger partial charge in [-0.3, -0.25) is 4.79 Å². The van der Waals surface area contributed by atoms with Gasteiger partial charge < -0.3 is 10.4 Å². The first-order valence-corrected chi connectivity index (χ1v) is 6.65. The lowest BCUT2D eigenvalue weighted by Crippen LogP contribution is -2.17. The maximum Gasteiger partial charge on any atom is 0.356 e. The highest BCUT2D eigenvalue weighted by Gasteiger charge is 2.15. The molecule has 0 radical (unpaired) electrons. The van der Waals surface area contributed by atoms with Crippen LogP contribution in [-0.2, 0) is 11.2 Å². The second-order valence-electron chi connectivity index (χ2n) is 4.13. The molecule has 1 heterocycles. The second kappa shape index (κ2) is 6.56. The molecule has 5 nitrogen and oxygen atoms in total. The summed E-state index contributed by atoms with van der Waals surface area (Å²) in [6.07, 6.45) is 1.27. The average Bonchev–Trinajstić information content (AvgIpc) is 2.43. The number of carbonyl (C=O) groups excluding carboxylic acids is 1.